The monoisotopic (exact) mass is 438 g/mol. The third kappa shape index (κ3) is 4.32. The molecule has 2 atom stereocenters. The molecular weight excluding hydrogens is 416 g/mol. The zero-order valence-electron chi connectivity index (χ0n) is 15.2. The topological polar surface area (TPSA) is 40.6 Å². The molecule has 6 heteroatoms. The summed E-state index contributed by atoms with van der Waals surface area (Å²) >= 11 is 9.73. The van der Waals surface area contributed by atoms with Gasteiger partial charge in [0.25, 0.3) is 0 Å². The van der Waals surface area contributed by atoms with Crippen molar-refractivity contribution < 1.29 is 9.59 Å². The molecule has 1 aromatic carbocycles. The maximum Gasteiger partial charge on any atom is 0.226 e. The maximum atomic E-state index is 13.0. The van der Waals surface area contributed by atoms with E-state index in [4.69, 9.17) is 11.6 Å². The second-order valence-electron chi connectivity index (χ2n) is 7.39. The molecule has 0 bridgehead atoms. The smallest absolute Gasteiger partial charge is 0.226 e. The fraction of sp³-hybridized carbons (Fsp3) is 0.500. The second kappa shape index (κ2) is 8.13. The lowest BCUT2D eigenvalue weighted by atomic mass is 9.89. The number of Topliss-reactive ketones (excluding diaryl/α,β-unsaturated/α-hetero) is 1. The molecule has 0 N–H and O–H groups in total. The van der Waals surface area contributed by atoms with E-state index in [1.165, 1.54) is 0 Å². The van der Waals surface area contributed by atoms with Crippen molar-refractivity contribution in [2.75, 3.05) is 20.6 Å². The Labute approximate surface area is 168 Å². The zero-order chi connectivity index (χ0) is 18.8. The fourth-order valence-electron chi connectivity index (χ4n) is 3.90. The van der Waals surface area contributed by atoms with Crippen LogP contribution in [-0.4, -0.2) is 48.2 Å². The summed E-state index contributed by atoms with van der Waals surface area (Å²) in [4.78, 5) is 29.0. The predicted octanol–water partition coefficient (Wildman–Crippen LogP) is 4.06. The van der Waals surface area contributed by atoms with Crippen molar-refractivity contribution >= 4 is 39.2 Å². The number of halogens is 2. The molecule has 1 aliphatic carbocycles. The summed E-state index contributed by atoms with van der Waals surface area (Å²) in [7, 11) is 3.84. The van der Waals surface area contributed by atoms with Crippen LogP contribution in [0.4, 0.5) is 0 Å². The molecule has 1 saturated carbocycles. The van der Waals surface area contributed by atoms with Crippen molar-refractivity contribution in [2.45, 2.75) is 38.1 Å². The first-order valence-corrected chi connectivity index (χ1v) is 10.2. The lowest BCUT2D eigenvalue weighted by Gasteiger charge is -2.32. The number of nitrogens with zero attached hydrogens (tertiary/aromatic N) is 2. The van der Waals surface area contributed by atoms with E-state index in [-0.39, 0.29) is 23.7 Å². The lowest BCUT2D eigenvalue weighted by molar-refractivity contribution is -0.134. The van der Waals surface area contributed by atoms with Gasteiger partial charge in [0.15, 0.2) is 5.78 Å². The van der Waals surface area contributed by atoms with Crippen LogP contribution in [0.15, 0.2) is 34.4 Å². The first kappa shape index (κ1) is 19.4. The Bertz CT molecular complexity index is 747. The number of rotatable bonds is 4. The zero-order valence-corrected chi connectivity index (χ0v) is 17.5. The molecule has 2 unspecified atom stereocenters. The van der Waals surface area contributed by atoms with E-state index in [9.17, 15) is 9.59 Å². The molecule has 2 aliphatic rings. The highest BCUT2D eigenvalue weighted by Crippen LogP contribution is 2.33. The van der Waals surface area contributed by atoms with Crippen LogP contribution in [-0.2, 0) is 16.0 Å². The van der Waals surface area contributed by atoms with Crippen LogP contribution in [0, 0.1) is 5.92 Å². The molecule has 1 aliphatic heterocycles. The van der Waals surface area contributed by atoms with Gasteiger partial charge in [-0.3, -0.25) is 9.59 Å². The Hall–Kier alpha value is -1.33. The standard InChI is InChI=1S/C20H24BrClN2O2/c1-23(2)12-15-10-17(5-6-19(15)25)24-8-7-14(20(24)26)9-13-3-4-16(21)11-18(13)22/h3-4,11-12,14,17H,5-10H2,1-2H3/b15-12+. The van der Waals surface area contributed by atoms with Crippen LogP contribution < -0.4 is 0 Å². The van der Waals surface area contributed by atoms with E-state index >= 15 is 0 Å². The van der Waals surface area contributed by atoms with Crippen molar-refractivity contribution in [3.8, 4) is 0 Å². The van der Waals surface area contributed by atoms with E-state index in [0.717, 1.165) is 35.0 Å². The average Bonchev–Trinajstić information content (AvgIpc) is 2.93. The van der Waals surface area contributed by atoms with Gasteiger partial charge in [0.1, 0.15) is 0 Å². The van der Waals surface area contributed by atoms with Crippen molar-refractivity contribution in [1.82, 2.24) is 9.80 Å². The van der Waals surface area contributed by atoms with Gasteiger partial charge in [-0.15, -0.1) is 0 Å². The third-order valence-electron chi connectivity index (χ3n) is 5.21. The summed E-state index contributed by atoms with van der Waals surface area (Å²) in [6, 6.07) is 5.96. The molecule has 1 saturated heterocycles. The van der Waals surface area contributed by atoms with Crippen molar-refractivity contribution in [3.63, 3.8) is 0 Å². The first-order valence-electron chi connectivity index (χ1n) is 9.00. The highest BCUT2D eigenvalue weighted by molar-refractivity contribution is 9.10. The Morgan fingerprint density at radius 3 is 2.77 bits per heavy atom. The average molecular weight is 440 g/mol. The minimum absolute atomic E-state index is 0.0208. The molecule has 1 amide bonds. The largest absolute Gasteiger partial charge is 0.383 e. The number of benzene rings is 1. The molecule has 0 spiro atoms. The molecule has 0 radical (unpaired) electrons. The molecule has 26 heavy (non-hydrogen) atoms. The van der Waals surface area contributed by atoms with Gasteiger partial charge in [-0.1, -0.05) is 33.6 Å². The van der Waals surface area contributed by atoms with E-state index in [2.05, 4.69) is 15.9 Å². The molecule has 1 heterocycles. The number of hydrogen-bond acceptors (Lipinski definition) is 3. The lowest BCUT2D eigenvalue weighted by Crippen LogP contribution is -2.41. The van der Waals surface area contributed by atoms with Gasteiger partial charge >= 0.3 is 0 Å². The van der Waals surface area contributed by atoms with Crippen molar-refractivity contribution in [1.29, 1.82) is 0 Å². The fourth-order valence-corrected chi connectivity index (χ4v) is 4.65. The molecule has 0 aromatic heterocycles. The first-order chi connectivity index (χ1) is 12.3. The quantitative estimate of drug-likeness (QED) is 0.664. The highest BCUT2D eigenvalue weighted by atomic mass is 79.9. The number of ketones is 1. The summed E-state index contributed by atoms with van der Waals surface area (Å²) in [5.41, 5.74) is 1.85. The Morgan fingerprint density at radius 1 is 1.31 bits per heavy atom. The summed E-state index contributed by atoms with van der Waals surface area (Å²) in [5.74, 6) is 0.389. The minimum Gasteiger partial charge on any atom is -0.383 e. The number of amides is 1. The van der Waals surface area contributed by atoms with Gasteiger partial charge in [-0.05, 0) is 43.4 Å². The van der Waals surface area contributed by atoms with E-state index in [1.54, 1.807) is 0 Å². The molecule has 140 valence electrons. The minimum atomic E-state index is -0.0208. The molecular formula is C20H24BrClN2O2. The molecule has 3 rings (SSSR count). The Morgan fingerprint density at radius 2 is 2.08 bits per heavy atom. The van der Waals surface area contributed by atoms with E-state index in [1.807, 2.05) is 48.3 Å². The van der Waals surface area contributed by atoms with Crippen molar-refractivity contribution in [3.05, 3.63) is 45.0 Å². The van der Waals surface area contributed by atoms with Crippen LogP contribution in [0.1, 0.15) is 31.2 Å². The number of likely N-dealkylation sites (tertiary alicyclic amines) is 1. The summed E-state index contributed by atoms with van der Waals surface area (Å²) in [5, 5.41) is 0.699. The van der Waals surface area contributed by atoms with Gasteiger partial charge in [-0.25, -0.2) is 0 Å². The van der Waals surface area contributed by atoms with E-state index < -0.39 is 0 Å². The molecule has 4 nitrogen and oxygen atoms in total. The molecule has 1 aromatic rings. The number of carbonyl (C=O) groups excluding carboxylic acids is 2. The van der Waals surface area contributed by atoms with E-state index in [0.29, 0.717) is 24.3 Å². The number of hydrogen-bond donors (Lipinski definition) is 0. The van der Waals surface area contributed by atoms with Gasteiger partial charge in [-0.2, -0.15) is 0 Å². The summed E-state index contributed by atoms with van der Waals surface area (Å²) in [6.45, 7) is 0.770. The normalized spacial score (nSPS) is 25.2. The van der Waals surface area contributed by atoms with Crippen LogP contribution in [0.2, 0.25) is 5.02 Å². The van der Waals surface area contributed by atoms with Crippen LogP contribution in [0.3, 0.4) is 0 Å². The van der Waals surface area contributed by atoms with Crippen LogP contribution in [0.5, 0.6) is 0 Å². The maximum absolute atomic E-state index is 13.0. The molecule has 2 fully saturated rings. The predicted molar refractivity (Wildman–Crippen MR) is 107 cm³/mol. The number of carbonyl (C=O) groups is 2. The van der Waals surface area contributed by atoms with Gasteiger partial charge in [0.2, 0.25) is 5.91 Å². The van der Waals surface area contributed by atoms with Gasteiger partial charge in [0, 0.05) is 60.3 Å². The summed E-state index contributed by atoms with van der Waals surface area (Å²) in [6.07, 6.45) is 5.37. The SMILES string of the molecule is CN(C)/C=C1\CC(N2CCC(Cc3ccc(Br)cc3Cl)C2=O)CCC1=O. The van der Waals surface area contributed by atoms with Crippen LogP contribution >= 0.6 is 27.5 Å². The highest BCUT2D eigenvalue weighted by Gasteiger charge is 2.38. The van der Waals surface area contributed by atoms with Gasteiger partial charge in [0.05, 0.1) is 0 Å². The Kier molecular flexibility index (Phi) is 6.08. The Balaban J connectivity index is 1.68. The second-order valence-corrected chi connectivity index (χ2v) is 8.72. The summed E-state index contributed by atoms with van der Waals surface area (Å²) < 4.78 is 0.942. The van der Waals surface area contributed by atoms with Crippen LogP contribution in [0.25, 0.3) is 0 Å². The van der Waals surface area contributed by atoms with Gasteiger partial charge < -0.3 is 9.80 Å². The van der Waals surface area contributed by atoms with Crippen molar-refractivity contribution in [2.24, 2.45) is 5.92 Å². The third-order valence-corrected chi connectivity index (χ3v) is 6.05.